The third-order valence-corrected chi connectivity index (χ3v) is 3.95. The fraction of sp³-hybridized carbons (Fsp3) is 0.133. The minimum Gasteiger partial charge on any atom is -0.497 e. The van der Waals surface area contributed by atoms with Crippen molar-refractivity contribution in [3.05, 3.63) is 63.5 Å². The average molecular weight is 315 g/mol. The van der Waals surface area contributed by atoms with Gasteiger partial charge in [0.1, 0.15) is 11.3 Å². The Morgan fingerprint density at radius 1 is 1.45 bits per heavy atom. The van der Waals surface area contributed by atoms with E-state index in [9.17, 15) is 9.59 Å². The highest BCUT2D eigenvalue weighted by molar-refractivity contribution is 7.15. The van der Waals surface area contributed by atoms with Crippen LogP contribution in [0.1, 0.15) is 15.9 Å². The molecule has 0 saturated carbocycles. The molecule has 0 saturated heterocycles. The van der Waals surface area contributed by atoms with E-state index in [4.69, 9.17) is 4.74 Å². The number of aromatic nitrogens is 2. The number of ether oxygens (including phenoxy) is 1. The van der Waals surface area contributed by atoms with Gasteiger partial charge in [0.15, 0.2) is 4.96 Å². The lowest BCUT2D eigenvalue weighted by Crippen LogP contribution is -2.30. The zero-order valence-corrected chi connectivity index (χ0v) is 12.6. The molecule has 0 aliphatic heterocycles. The van der Waals surface area contributed by atoms with Gasteiger partial charge in [0.2, 0.25) is 0 Å². The van der Waals surface area contributed by atoms with Crippen LogP contribution in [-0.2, 0) is 6.54 Å². The summed E-state index contributed by atoms with van der Waals surface area (Å²) in [5.41, 5.74) is 0.547. The number of hydrogen-bond donors (Lipinski definition) is 1. The number of rotatable bonds is 4. The van der Waals surface area contributed by atoms with Crippen molar-refractivity contribution in [2.45, 2.75) is 6.54 Å². The van der Waals surface area contributed by atoms with Crippen LogP contribution in [-0.4, -0.2) is 22.4 Å². The molecule has 0 unspecified atom stereocenters. The predicted molar refractivity (Wildman–Crippen MR) is 83.5 cm³/mol. The van der Waals surface area contributed by atoms with Crippen LogP contribution in [0.25, 0.3) is 4.96 Å². The maximum atomic E-state index is 12.2. The largest absolute Gasteiger partial charge is 0.497 e. The van der Waals surface area contributed by atoms with Gasteiger partial charge < -0.3 is 10.1 Å². The number of carbonyl (C=O) groups is 1. The Balaban J connectivity index is 1.78. The first kappa shape index (κ1) is 14.3. The number of thiazole rings is 1. The van der Waals surface area contributed by atoms with Gasteiger partial charge in [0.05, 0.1) is 7.11 Å². The molecule has 22 heavy (non-hydrogen) atoms. The molecule has 0 radical (unpaired) electrons. The molecule has 112 valence electrons. The smallest absolute Gasteiger partial charge is 0.271 e. The summed E-state index contributed by atoms with van der Waals surface area (Å²) < 4.78 is 6.50. The molecule has 0 spiro atoms. The quantitative estimate of drug-likeness (QED) is 0.795. The SMILES string of the molecule is COc1cccc(CNC(=O)c2cnc3sccn3c2=O)c1. The van der Waals surface area contributed by atoms with E-state index in [1.807, 2.05) is 24.3 Å². The Labute approximate surface area is 130 Å². The topological polar surface area (TPSA) is 72.7 Å². The molecule has 3 aromatic rings. The number of carbonyl (C=O) groups excluding carboxylic acids is 1. The van der Waals surface area contributed by atoms with Crippen LogP contribution in [0, 0.1) is 0 Å². The van der Waals surface area contributed by atoms with E-state index >= 15 is 0 Å². The van der Waals surface area contributed by atoms with Gasteiger partial charge in [0.25, 0.3) is 11.5 Å². The van der Waals surface area contributed by atoms with E-state index in [-0.39, 0.29) is 11.1 Å². The zero-order valence-electron chi connectivity index (χ0n) is 11.8. The molecule has 0 atom stereocenters. The number of benzene rings is 1. The highest BCUT2D eigenvalue weighted by Crippen LogP contribution is 2.12. The van der Waals surface area contributed by atoms with Gasteiger partial charge in [-0.2, -0.15) is 0 Å². The number of nitrogens with one attached hydrogen (secondary N) is 1. The summed E-state index contributed by atoms with van der Waals surface area (Å²) in [6, 6.07) is 7.36. The Bertz CT molecular complexity index is 885. The van der Waals surface area contributed by atoms with E-state index in [1.165, 1.54) is 21.9 Å². The fourth-order valence-electron chi connectivity index (χ4n) is 2.04. The third-order valence-electron chi connectivity index (χ3n) is 3.17. The van der Waals surface area contributed by atoms with E-state index < -0.39 is 5.91 Å². The summed E-state index contributed by atoms with van der Waals surface area (Å²) in [4.78, 5) is 29.0. The first-order chi connectivity index (χ1) is 10.7. The second kappa shape index (κ2) is 5.98. The minimum atomic E-state index is -0.444. The van der Waals surface area contributed by atoms with Crippen LogP contribution in [0.15, 0.2) is 46.8 Å². The molecule has 6 nitrogen and oxygen atoms in total. The van der Waals surface area contributed by atoms with Crippen molar-refractivity contribution in [1.82, 2.24) is 14.7 Å². The summed E-state index contributed by atoms with van der Waals surface area (Å²) in [6.45, 7) is 0.307. The Kier molecular flexibility index (Phi) is 3.88. The van der Waals surface area contributed by atoms with Crippen LogP contribution in [0.4, 0.5) is 0 Å². The molecular formula is C15H13N3O3S. The molecule has 7 heteroatoms. The van der Waals surface area contributed by atoms with Gasteiger partial charge in [-0.25, -0.2) is 4.98 Å². The van der Waals surface area contributed by atoms with Gasteiger partial charge in [-0.15, -0.1) is 11.3 Å². The van der Waals surface area contributed by atoms with Gasteiger partial charge in [-0.1, -0.05) is 12.1 Å². The molecule has 2 aromatic heterocycles. The first-order valence-corrected chi connectivity index (χ1v) is 7.43. The van der Waals surface area contributed by atoms with Gasteiger partial charge in [-0.3, -0.25) is 14.0 Å². The van der Waals surface area contributed by atoms with Crippen molar-refractivity contribution in [2.75, 3.05) is 7.11 Å². The summed E-state index contributed by atoms with van der Waals surface area (Å²) >= 11 is 1.34. The lowest BCUT2D eigenvalue weighted by molar-refractivity contribution is 0.0949. The maximum Gasteiger partial charge on any atom is 0.271 e. The van der Waals surface area contributed by atoms with Crippen LogP contribution >= 0.6 is 11.3 Å². The molecule has 3 rings (SSSR count). The molecule has 0 aliphatic rings. The zero-order chi connectivity index (χ0) is 15.5. The maximum absolute atomic E-state index is 12.2. The van der Waals surface area contributed by atoms with Gasteiger partial charge in [-0.05, 0) is 17.7 Å². The fourth-order valence-corrected chi connectivity index (χ4v) is 2.72. The van der Waals surface area contributed by atoms with Crippen LogP contribution in [0.2, 0.25) is 0 Å². The molecule has 1 amide bonds. The summed E-state index contributed by atoms with van der Waals surface area (Å²) in [5.74, 6) is 0.272. The molecule has 2 heterocycles. The van der Waals surface area contributed by atoms with Crippen molar-refractivity contribution in [1.29, 1.82) is 0 Å². The Hall–Kier alpha value is -2.67. The number of methoxy groups -OCH3 is 1. The number of fused-ring (bicyclic) bond motifs is 1. The Morgan fingerprint density at radius 2 is 2.32 bits per heavy atom. The second-order valence-corrected chi connectivity index (χ2v) is 5.44. The Morgan fingerprint density at radius 3 is 3.14 bits per heavy atom. The summed E-state index contributed by atoms with van der Waals surface area (Å²) in [6.07, 6.45) is 2.92. The van der Waals surface area contributed by atoms with Crippen LogP contribution < -0.4 is 15.6 Å². The van der Waals surface area contributed by atoms with Crippen LogP contribution in [0.3, 0.4) is 0 Å². The average Bonchev–Trinajstić information content (AvgIpc) is 3.03. The number of nitrogens with zero attached hydrogens (tertiary/aromatic N) is 2. The monoisotopic (exact) mass is 315 g/mol. The van der Waals surface area contributed by atoms with Crippen molar-refractivity contribution in [2.24, 2.45) is 0 Å². The third kappa shape index (κ3) is 2.71. The first-order valence-electron chi connectivity index (χ1n) is 6.55. The minimum absolute atomic E-state index is 0.0267. The highest BCUT2D eigenvalue weighted by Gasteiger charge is 2.13. The van der Waals surface area contributed by atoms with Crippen LogP contribution in [0.5, 0.6) is 5.75 Å². The molecule has 0 bridgehead atoms. The lowest BCUT2D eigenvalue weighted by Gasteiger charge is -2.06. The van der Waals surface area contributed by atoms with E-state index in [0.717, 1.165) is 5.56 Å². The van der Waals surface area contributed by atoms with E-state index in [1.54, 1.807) is 18.7 Å². The standard InChI is InChI=1S/C15H13N3O3S/c1-21-11-4-2-3-10(7-11)8-16-13(19)12-9-17-15-18(14(12)20)5-6-22-15/h2-7,9H,8H2,1H3,(H,16,19). The van der Waals surface area contributed by atoms with Crippen molar-refractivity contribution in [3.63, 3.8) is 0 Å². The van der Waals surface area contributed by atoms with E-state index in [0.29, 0.717) is 17.3 Å². The lowest BCUT2D eigenvalue weighted by atomic mass is 10.2. The second-order valence-electron chi connectivity index (χ2n) is 4.57. The van der Waals surface area contributed by atoms with Crippen molar-refractivity contribution < 1.29 is 9.53 Å². The molecule has 1 aromatic carbocycles. The summed E-state index contributed by atoms with van der Waals surface area (Å²) in [5, 5.41) is 4.47. The molecule has 1 N–H and O–H groups in total. The van der Waals surface area contributed by atoms with Gasteiger partial charge >= 0.3 is 0 Å². The van der Waals surface area contributed by atoms with Crippen molar-refractivity contribution in [3.8, 4) is 5.75 Å². The predicted octanol–water partition coefficient (Wildman–Crippen LogP) is 1.69. The number of amides is 1. The summed E-state index contributed by atoms with van der Waals surface area (Å²) in [7, 11) is 1.58. The highest BCUT2D eigenvalue weighted by atomic mass is 32.1. The molecular weight excluding hydrogens is 302 g/mol. The van der Waals surface area contributed by atoms with Crippen molar-refractivity contribution >= 4 is 22.2 Å². The van der Waals surface area contributed by atoms with E-state index in [2.05, 4.69) is 10.3 Å². The number of hydrogen-bond acceptors (Lipinski definition) is 5. The molecule has 0 fully saturated rings. The molecule has 0 aliphatic carbocycles. The normalized spacial score (nSPS) is 10.6. The van der Waals surface area contributed by atoms with Gasteiger partial charge in [0, 0.05) is 24.3 Å².